The molecule has 1 aromatic rings. The number of carboxylic acids is 1. The largest absolute Gasteiger partial charge is 0.480 e. The van der Waals surface area contributed by atoms with Gasteiger partial charge in [0.1, 0.15) is 5.54 Å². The Kier molecular flexibility index (Phi) is 2.43. The molecule has 0 aromatic heterocycles. The van der Waals surface area contributed by atoms with Gasteiger partial charge in [-0.15, -0.1) is 0 Å². The first kappa shape index (κ1) is 11.9. The molecule has 0 spiro atoms. The molecular formula is C11H10F3NO2. The lowest BCUT2D eigenvalue weighted by molar-refractivity contribution is -0.140. The molecule has 1 aromatic carbocycles. The van der Waals surface area contributed by atoms with Crippen molar-refractivity contribution >= 4 is 5.97 Å². The Morgan fingerprint density at radius 2 is 1.88 bits per heavy atom. The summed E-state index contributed by atoms with van der Waals surface area (Å²) >= 11 is 0. The maximum Gasteiger partial charge on any atom is 0.416 e. The minimum absolute atomic E-state index is 0.258. The van der Waals surface area contributed by atoms with Crippen molar-refractivity contribution < 1.29 is 23.1 Å². The van der Waals surface area contributed by atoms with E-state index in [4.69, 9.17) is 10.8 Å². The van der Waals surface area contributed by atoms with E-state index in [9.17, 15) is 18.0 Å². The van der Waals surface area contributed by atoms with Gasteiger partial charge in [0.25, 0.3) is 0 Å². The molecule has 0 aliphatic heterocycles. The van der Waals surface area contributed by atoms with Crippen molar-refractivity contribution in [2.24, 2.45) is 5.73 Å². The minimum Gasteiger partial charge on any atom is -0.480 e. The normalized spacial score (nSPS) is 27.9. The van der Waals surface area contributed by atoms with E-state index >= 15 is 0 Å². The third-order valence-corrected chi connectivity index (χ3v) is 3.04. The number of halogens is 3. The summed E-state index contributed by atoms with van der Waals surface area (Å²) < 4.78 is 36.9. The van der Waals surface area contributed by atoms with Gasteiger partial charge in [0.2, 0.25) is 0 Å². The molecule has 0 saturated heterocycles. The second-order valence-corrected chi connectivity index (χ2v) is 4.22. The number of hydrogen-bond donors (Lipinski definition) is 2. The van der Waals surface area contributed by atoms with Crippen LogP contribution in [-0.4, -0.2) is 16.6 Å². The molecule has 6 heteroatoms. The van der Waals surface area contributed by atoms with Crippen LogP contribution in [0.5, 0.6) is 0 Å². The third-order valence-electron chi connectivity index (χ3n) is 3.04. The second-order valence-electron chi connectivity index (χ2n) is 4.22. The highest BCUT2D eigenvalue weighted by molar-refractivity contribution is 5.84. The molecule has 17 heavy (non-hydrogen) atoms. The summed E-state index contributed by atoms with van der Waals surface area (Å²) in [5.41, 5.74) is 4.03. The van der Waals surface area contributed by atoms with E-state index in [1.165, 1.54) is 12.1 Å². The van der Waals surface area contributed by atoms with Crippen LogP contribution >= 0.6 is 0 Å². The Labute approximate surface area is 95.0 Å². The van der Waals surface area contributed by atoms with Gasteiger partial charge in [-0.05, 0) is 24.1 Å². The van der Waals surface area contributed by atoms with Crippen LogP contribution in [0.3, 0.4) is 0 Å². The van der Waals surface area contributed by atoms with Gasteiger partial charge in [0.05, 0.1) is 5.56 Å². The Morgan fingerprint density at radius 1 is 1.35 bits per heavy atom. The highest BCUT2D eigenvalue weighted by Crippen LogP contribution is 2.49. The second kappa shape index (κ2) is 3.46. The predicted molar refractivity (Wildman–Crippen MR) is 53.4 cm³/mol. The lowest BCUT2D eigenvalue weighted by Crippen LogP contribution is -2.34. The van der Waals surface area contributed by atoms with Crippen LogP contribution in [0, 0.1) is 0 Å². The van der Waals surface area contributed by atoms with Crippen LogP contribution in [0.1, 0.15) is 23.5 Å². The lowest BCUT2D eigenvalue weighted by Gasteiger charge is -2.08. The molecule has 0 heterocycles. The molecule has 2 rings (SSSR count). The molecule has 2 atom stereocenters. The summed E-state index contributed by atoms with van der Waals surface area (Å²) in [5, 5.41) is 8.82. The van der Waals surface area contributed by atoms with Crippen LogP contribution in [0.25, 0.3) is 0 Å². The van der Waals surface area contributed by atoms with Crippen molar-refractivity contribution in [2.45, 2.75) is 24.1 Å². The number of carbonyl (C=O) groups is 1. The maximum absolute atomic E-state index is 12.3. The van der Waals surface area contributed by atoms with E-state index in [1.54, 1.807) is 0 Å². The predicted octanol–water partition coefficient (Wildman–Crippen LogP) is 1.97. The standard InChI is InChI=1S/C11H10F3NO2/c12-11(13,14)7-3-1-6(2-4-7)8-5-10(8,15)9(16)17/h1-4,8H,5,15H2,(H,16,17)/t8-,10+/m0/s1. The highest BCUT2D eigenvalue weighted by atomic mass is 19.4. The molecule has 3 nitrogen and oxygen atoms in total. The van der Waals surface area contributed by atoms with Crippen molar-refractivity contribution in [2.75, 3.05) is 0 Å². The molecular weight excluding hydrogens is 235 g/mol. The highest BCUT2D eigenvalue weighted by Gasteiger charge is 2.58. The van der Waals surface area contributed by atoms with Crippen LogP contribution in [0.15, 0.2) is 24.3 Å². The van der Waals surface area contributed by atoms with Crippen LogP contribution < -0.4 is 5.73 Å². The molecule has 3 N–H and O–H groups in total. The first-order valence-corrected chi connectivity index (χ1v) is 4.94. The number of hydrogen-bond acceptors (Lipinski definition) is 2. The van der Waals surface area contributed by atoms with Crippen molar-refractivity contribution in [3.8, 4) is 0 Å². The monoisotopic (exact) mass is 245 g/mol. The number of benzene rings is 1. The molecule has 1 aliphatic carbocycles. The van der Waals surface area contributed by atoms with E-state index in [-0.39, 0.29) is 6.42 Å². The molecule has 0 unspecified atom stereocenters. The van der Waals surface area contributed by atoms with Gasteiger partial charge in [-0.1, -0.05) is 12.1 Å². The fourth-order valence-electron chi connectivity index (χ4n) is 1.83. The minimum atomic E-state index is -4.38. The van der Waals surface area contributed by atoms with Gasteiger partial charge in [-0.2, -0.15) is 13.2 Å². The van der Waals surface area contributed by atoms with Gasteiger partial charge in [0, 0.05) is 5.92 Å². The summed E-state index contributed by atoms with van der Waals surface area (Å²) in [5.74, 6) is -1.52. The van der Waals surface area contributed by atoms with E-state index < -0.39 is 29.2 Å². The quantitative estimate of drug-likeness (QED) is 0.837. The van der Waals surface area contributed by atoms with E-state index in [1.807, 2.05) is 0 Å². The van der Waals surface area contributed by atoms with Crippen LogP contribution in [0.4, 0.5) is 13.2 Å². The lowest BCUT2D eigenvalue weighted by atomic mass is 10.0. The fourth-order valence-corrected chi connectivity index (χ4v) is 1.83. The molecule has 1 fully saturated rings. The van der Waals surface area contributed by atoms with E-state index in [0.29, 0.717) is 5.56 Å². The van der Waals surface area contributed by atoms with Gasteiger partial charge in [-0.3, -0.25) is 4.79 Å². The van der Waals surface area contributed by atoms with E-state index in [0.717, 1.165) is 12.1 Å². The molecule has 0 radical (unpaired) electrons. The molecule has 0 amide bonds. The van der Waals surface area contributed by atoms with Crippen molar-refractivity contribution in [1.29, 1.82) is 0 Å². The number of rotatable bonds is 2. The zero-order chi connectivity index (χ0) is 12.8. The number of carboxylic acid groups (broad SMARTS) is 1. The van der Waals surface area contributed by atoms with Crippen molar-refractivity contribution in [1.82, 2.24) is 0 Å². The molecule has 1 saturated carbocycles. The first-order valence-electron chi connectivity index (χ1n) is 4.94. The van der Waals surface area contributed by atoms with Crippen LogP contribution in [-0.2, 0) is 11.0 Å². The third kappa shape index (κ3) is 2.00. The zero-order valence-electron chi connectivity index (χ0n) is 8.66. The summed E-state index contributed by atoms with van der Waals surface area (Å²) in [6.45, 7) is 0. The average Bonchev–Trinajstić information content (AvgIpc) is 2.91. The van der Waals surface area contributed by atoms with Gasteiger partial charge in [-0.25, -0.2) is 0 Å². The Hall–Kier alpha value is -1.56. The van der Waals surface area contributed by atoms with Crippen LogP contribution in [0.2, 0.25) is 0 Å². The molecule has 0 bridgehead atoms. The Bertz CT molecular complexity index is 455. The molecule has 92 valence electrons. The van der Waals surface area contributed by atoms with Crippen molar-refractivity contribution in [3.63, 3.8) is 0 Å². The summed E-state index contributed by atoms with van der Waals surface area (Å²) in [6, 6.07) is 4.45. The molecule has 1 aliphatic rings. The summed E-state index contributed by atoms with van der Waals surface area (Å²) in [7, 11) is 0. The summed E-state index contributed by atoms with van der Waals surface area (Å²) in [4.78, 5) is 10.8. The van der Waals surface area contributed by atoms with Gasteiger partial charge in [0.15, 0.2) is 0 Å². The fraction of sp³-hybridized carbons (Fsp3) is 0.364. The summed E-state index contributed by atoms with van der Waals surface area (Å²) in [6.07, 6.45) is -4.12. The van der Waals surface area contributed by atoms with Crippen molar-refractivity contribution in [3.05, 3.63) is 35.4 Å². The first-order chi connectivity index (χ1) is 7.75. The average molecular weight is 245 g/mol. The topological polar surface area (TPSA) is 63.3 Å². The maximum atomic E-state index is 12.3. The number of nitrogens with two attached hydrogens (primary N) is 1. The number of alkyl halides is 3. The van der Waals surface area contributed by atoms with Gasteiger partial charge >= 0.3 is 12.1 Å². The SMILES string of the molecule is N[C@]1(C(=O)O)C[C@H]1c1ccc(C(F)(F)F)cc1. The van der Waals surface area contributed by atoms with E-state index in [2.05, 4.69) is 0 Å². The Morgan fingerprint density at radius 3 is 2.24 bits per heavy atom. The number of aliphatic carboxylic acids is 1. The van der Waals surface area contributed by atoms with Gasteiger partial charge < -0.3 is 10.8 Å². The zero-order valence-corrected chi connectivity index (χ0v) is 8.66. The Balaban J connectivity index is 2.19. The smallest absolute Gasteiger partial charge is 0.416 e.